The van der Waals surface area contributed by atoms with Gasteiger partial charge in [-0.3, -0.25) is 13.9 Å². The van der Waals surface area contributed by atoms with Crippen LogP contribution in [0.25, 0.3) is 0 Å². The summed E-state index contributed by atoms with van der Waals surface area (Å²) < 4.78 is 29.0. The number of hydrogen-bond donors (Lipinski definition) is 1. The first kappa shape index (κ1) is 30.9. The molecule has 7 nitrogen and oxygen atoms in total. The van der Waals surface area contributed by atoms with Crippen LogP contribution < -0.4 is 9.62 Å². The number of sulfonamides is 1. The molecule has 0 spiro atoms. The molecule has 0 unspecified atom stereocenters. The number of benzene rings is 3. The maximum absolute atomic E-state index is 14.1. The van der Waals surface area contributed by atoms with Gasteiger partial charge < -0.3 is 10.2 Å². The van der Waals surface area contributed by atoms with Gasteiger partial charge in [0.2, 0.25) is 11.8 Å². The molecular formula is C32H41N3O4S. The van der Waals surface area contributed by atoms with E-state index in [1.807, 2.05) is 65.0 Å². The fraction of sp³-hybridized carbons (Fsp3) is 0.375. The van der Waals surface area contributed by atoms with Crippen LogP contribution >= 0.6 is 0 Å². The Morgan fingerprint density at radius 2 is 1.52 bits per heavy atom. The summed E-state index contributed by atoms with van der Waals surface area (Å²) in [6, 6.07) is 20.6. The minimum Gasteiger partial charge on any atom is -0.354 e. The van der Waals surface area contributed by atoms with Crippen molar-refractivity contribution < 1.29 is 18.0 Å². The topological polar surface area (TPSA) is 86.8 Å². The van der Waals surface area contributed by atoms with Gasteiger partial charge in [0.1, 0.15) is 12.6 Å². The Kier molecular flexibility index (Phi) is 10.9. The molecule has 3 rings (SSSR count). The van der Waals surface area contributed by atoms with E-state index in [1.165, 1.54) is 17.0 Å². The van der Waals surface area contributed by atoms with Crippen LogP contribution in [-0.2, 0) is 26.2 Å². The third kappa shape index (κ3) is 7.94. The monoisotopic (exact) mass is 563 g/mol. The van der Waals surface area contributed by atoms with Crippen LogP contribution in [0.5, 0.6) is 0 Å². The highest BCUT2D eigenvalue weighted by Crippen LogP contribution is 2.27. The van der Waals surface area contributed by atoms with E-state index in [1.54, 1.807) is 30.3 Å². The number of nitrogens with zero attached hydrogens (tertiary/aromatic N) is 2. The number of hydrogen-bond acceptors (Lipinski definition) is 4. The molecule has 0 heterocycles. The van der Waals surface area contributed by atoms with Crippen LogP contribution in [0.3, 0.4) is 0 Å². The van der Waals surface area contributed by atoms with Gasteiger partial charge in [0, 0.05) is 13.1 Å². The van der Waals surface area contributed by atoms with Crippen molar-refractivity contribution in [1.29, 1.82) is 0 Å². The number of rotatable bonds is 13. The number of carbonyl (C=O) groups excluding carboxylic acids is 2. The first-order valence-corrected chi connectivity index (χ1v) is 15.3. The second kappa shape index (κ2) is 14.1. The summed E-state index contributed by atoms with van der Waals surface area (Å²) in [4.78, 5) is 29.0. The van der Waals surface area contributed by atoms with Gasteiger partial charge in [-0.15, -0.1) is 0 Å². The van der Waals surface area contributed by atoms with Crippen molar-refractivity contribution in [2.75, 3.05) is 17.4 Å². The van der Waals surface area contributed by atoms with Crippen molar-refractivity contribution in [3.63, 3.8) is 0 Å². The Balaban J connectivity index is 2.06. The van der Waals surface area contributed by atoms with Crippen molar-refractivity contribution >= 4 is 27.5 Å². The Morgan fingerprint density at radius 1 is 0.850 bits per heavy atom. The Bertz CT molecular complexity index is 1390. The maximum Gasteiger partial charge on any atom is 0.264 e. The second-order valence-corrected chi connectivity index (χ2v) is 12.1. The zero-order valence-corrected chi connectivity index (χ0v) is 25.0. The van der Waals surface area contributed by atoms with E-state index in [2.05, 4.69) is 5.32 Å². The maximum atomic E-state index is 14.1. The molecule has 3 aromatic rings. The fourth-order valence-corrected chi connectivity index (χ4v) is 6.19. The van der Waals surface area contributed by atoms with Crippen LogP contribution in [-0.4, -0.2) is 44.3 Å². The summed E-state index contributed by atoms with van der Waals surface area (Å²) in [7, 11) is -4.08. The van der Waals surface area contributed by atoms with Crippen molar-refractivity contribution in [2.24, 2.45) is 0 Å². The lowest BCUT2D eigenvalue weighted by Gasteiger charge is -2.33. The predicted molar refractivity (Wildman–Crippen MR) is 161 cm³/mol. The normalized spacial score (nSPS) is 12.0. The third-order valence-corrected chi connectivity index (χ3v) is 8.54. The lowest BCUT2D eigenvalue weighted by molar-refractivity contribution is -0.140. The molecule has 0 aromatic heterocycles. The van der Waals surface area contributed by atoms with E-state index >= 15 is 0 Å². The molecular weight excluding hydrogens is 522 g/mol. The Hall–Kier alpha value is -3.65. The van der Waals surface area contributed by atoms with Gasteiger partial charge in [-0.25, -0.2) is 8.42 Å². The molecule has 40 heavy (non-hydrogen) atoms. The van der Waals surface area contributed by atoms with E-state index in [0.29, 0.717) is 18.7 Å². The molecule has 2 amide bonds. The van der Waals surface area contributed by atoms with Crippen molar-refractivity contribution in [3.05, 3.63) is 95.1 Å². The SMILES string of the molecule is CCCCNC(=O)[C@@H](CC)N(Cc1cccc(C)c1)C(=O)CN(c1cc(C)cc(C)c1)S(=O)(=O)c1ccccc1. The molecule has 0 aliphatic heterocycles. The van der Waals surface area contributed by atoms with Crippen LogP contribution in [0.4, 0.5) is 5.69 Å². The summed E-state index contributed by atoms with van der Waals surface area (Å²) >= 11 is 0. The lowest BCUT2D eigenvalue weighted by Crippen LogP contribution is -2.52. The number of aryl methyl sites for hydroxylation is 3. The molecule has 0 saturated heterocycles. The van der Waals surface area contributed by atoms with Gasteiger partial charge >= 0.3 is 0 Å². The van der Waals surface area contributed by atoms with Crippen LogP contribution in [0, 0.1) is 20.8 Å². The summed E-state index contributed by atoms with van der Waals surface area (Å²) in [6.07, 6.45) is 2.17. The number of anilines is 1. The molecule has 3 aromatic carbocycles. The fourth-order valence-electron chi connectivity index (χ4n) is 4.78. The molecule has 0 fully saturated rings. The summed E-state index contributed by atoms with van der Waals surface area (Å²) in [5, 5.41) is 2.96. The Morgan fingerprint density at radius 3 is 2.12 bits per heavy atom. The van der Waals surface area contributed by atoms with E-state index in [-0.39, 0.29) is 17.3 Å². The van der Waals surface area contributed by atoms with E-state index in [4.69, 9.17) is 0 Å². The van der Waals surface area contributed by atoms with Crippen LogP contribution in [0.1, 0.15) is 55.4 Å². The third-order valence-electron chi connectivity index (χ3n) is 6.76. The zero-order valence-electron chi connectivity index (χ0n) is 24.2. The number of carbonyl (C=O) groups is 2. The summed E-state index contributed by atoms with van der Waals surface area (Å²) in [5.74, 6) is -0.682. The first-order chi connectivity index (χ1) is 19.1. The number of unbranched alkanes of at least 4 members (excludes halogenated alkanes) is 1. The average Bonchev–Trinajstić information content (AvgIpc) is 2.91. The van der Waals surface area contributed by atoms with Crippen molar-refractivity contribution in [2.45, 2.75) is 71.4 Å². The highest BCUT2D eigenvalue weighted by atomic mass is 32.2. The molecule has 1 N–H and O–H groups in total. The summed E-state index contributed by atoms with van der Waals surface area (Å²) in [6.45, 7) is 9.94. The minimum absolute atomic E-state index is 0.0940. The molecule has 214 valence electrons. The van der Waals surface area contributed by atoms with Gasteiger partial charge in [0.25, 0.3) is 10.0 Å². The molecule has 0 saturated carbocycles. The van der Waals surface area contributed by atoms with Gasteiger partial charge in [-0.2, -0.15) is 0 Å². The number of amides is 2. The van der Waals surface area contributed by atoms with E-state index in [0.717, 1.165) is 39.4 Å². The van der Waals surface area contributed by atoms with Crippen LogP contribution in [0.2, 0.25) is 0 Å². The number of nitrogens with one attached hydrogen (secondary N) is 1. The molecule has 0 radical (unpaired) electrons. The molecule has 0 aliphatic carbocycles. The van der Waals surface area contributed by atoms with Gasteiger partial charge in [0.05, 0.1) is 10.6 Å². The van der Waals surface area contributed by atoms with E-state index in [9.17, 15) is 18.0 Å². The molecule has 1 atom stereocenters. The predicted octanol–water partition coefficient (Wildman–Crippen LogP) is 5.53. The second-order valence-electron chi connectivity index (χ2n) is 10.2. The van der Waals surface area contributed by atoms with E-state index < -0.39 is 28.5 Å². The largest absolute Gasteiger partial charge is 0.354 e. The quantitative estimate of drug-likeness (QED) is 0.277. The molecule has 0 aliphatic rings. The lowest BCUT2D eigenvalue weighted by atomic mass is 10.1. The minimum atomic E-state index is -4.08. The van der Waals surface area contributed by atoms with Crippen molar-refractivity contribution in [1.82, 2.24) is 10.2 Å². The smallest absolute Gasteiger partial charge is 0.264 e. The highest BCUT2D eigenvalue weighted by molar-refractivity contribution is 7.92. The first-order valence-electron chi connectivity index (χ1n) is 13.9. The zero-order chi connectivity index (χ0) is 29.3. The van der Waals surface area contributed by atoms with Crippen molar-refractivity contribution in [3.8, 4) is 0 Å². The summed E-state index contributed by atoms with van der Waals surface area (Å²) in [5.41, 5.74) is 4.08. The van der Waals surface area contributed by atoms with Gasteiger partial charge in [-0.05, 0) is 74.6 Å². The average molecular weight is 564 g/mol. The van der Waals surface area contributed by atoms with Gasteiger partial charge in [-0.1, -0.05) is 74.4 Å². The molecule has 8 heteroatoms. The highest BCUT2D eigenvalue weighted by Gasteiger charge is 2.33. The Labute approximate surface area is 239 Å². The van der Waals surface area contributed by atoms with Crippen LogP contribution in [0.15, 0.2) is 77.7 Å². The standard InChI is InChI=1S/C32H41N3O4S/c1-6-8-17-33-32(37)30(7-2)34(22-27-14-12-13-24(3)19-27)31(36)23-35(28-20-25(4)18-26(5)21-28)40(38,39)29-15-10-9-11-16-29/h9-16,18-21,30H,6-8,17,22-23H2,1-5H3,(H,33,37)/t30-/m1/s1. The van der Waals surface area contributed by atoms with Gasteiger partial charge in [0.15, 0.2) is 0 Å². The molecule has 0 bridgehead atoms.